The lowest BCUT2D eigenvalue weighted by Crippen LogP contribution is -2.01. The maximum absolute atomic E-state index is 12.8. The Labute approximate surface area is 89.7 Å². The smallest absolute Gasteiger partial charge is 0.207 e. The second kappa shape index (κ2) is 4.88. The monoisotopic (exact) mass is 237 g/mol. The topological polar surface area (TPSA) is 0 Å². The van der Waals surface area contributed by atoms with Crippen molar-refractivity contribution >= 4 is 11.8 Å². The average molecular weight is 237 g/mol. The standard InChI is InChI=1S/C10H9F4S/c1-2-3-7-6-8(11)4-5-9(7)15-10(12,13)14/h2,4-6H,3H2,1H3. The SMILES string of the molecule is C[CH]Cc1cc(F)ccc1SC(F)(F)F. The van der Waals surface area contributed by atoms with Gasteiger partial charge in [0.2, 0.25) is 0 Å². The highest BCUT2D eigenvalue weighted by molar-refractivity contribution is 8.00. The fraction of sp³-hybridized carbons (Fsp3) is 0.300. The van der Waals surface area contributed by atoms with E-state index in [-0.39, 0.29) is 16.7 Å². The van der Waals surface area contributed by atoms with Crippen LogP contribution >= 0.6 is 11.8 Å². The van der Waals surface area contributed by atoms with Gasteiger partial charge in [0, 0.05) is 4.90 Å². The van der Waals surface area contributed by atoms with E-state index in [9.17, 15) is 17.6 Å². The van der Waals surface area contributed by atoms with E-state index in [0.29, 0.717) is 12.0 Å². The molecule has 0 atom stereocenters. The van der Waals surface area contributed by atoms with E-state index in [2.05, 4.69) is 0 Å². The molecule has 1 rings (SSSR count). The molecule has 1 aromatic rings. The van der Waals surface area contributed by atoms with Gasteiger partial charge in [0.05, 0.1) is 0 Å². The van der Waals surface area contributed by atoms with Crippen LogP contribution in [0.1, 0.15) is 12.5 Å². The van der Waals surface area contributed by atoms with Gasteiger partial charge in [-0.25, -0.2) is 4.39 Å². The van der Waals surface area contributed by atoms with Crippen LogP contribution in [0.15, 0.2) is 23.1 Å². The second-order valence-corrected chi connectivity index (χ2v) is 4.02. The third-order valence-electron chi connectivity index (χ3n) is 1.67. The van der Waals surface area contributed by atoms with Crippen LogP contribution in [0.25, 0.3) is 0 Å². The maximum atomic E-state index is 12.8. The van der Waals surface area contributed by atoms with E-state index in [1.807, 2.05) is 0 Å². The highest BCUT2D eigenvalue weighted by atomic mass is 32.2. The van der Waals surface area contributed by atoms with Gasteiger partial charge in [-0.3, -0.25) is 0 Å². The number of thioether (sulfide) groups is 1. The summed E-state index contributed by atoms with van der Waals surface area (Å²) in [7, 11) is 0. The van der Waals surface area contributed by atoms with Crippen LogP contribution in [0.4, 0.5) is 17.6 Å². The summed E-state index contributed by atoms with van der Waals surface area (Å²) < 4.78 is 49.2. The van der Waals surface area contributed by atoms with Crippen LogP contribution in [0.2, 0.25) is 0 Å². The zero-order valence-corrected chi connectivity index (χ0v) is 8.75. The lowest BCUT2D eigenvalue weighted by atomic mass is 10.1. The Morgan fingerprint density at radius 1 is 1.33 bits per heavy atom. The molecule has 1 radical (unpaired) electrons. The zero-order chi connectivity index (χ0) is 11.5. The molecule has 0 saturated carbocycles. The van der Waals surface area contributed by atoms with Crippen molar-refractivity contribution in [1.29, 1.82) is 0 Å². The summed E-state index contributed by atoms with van der Waals surface area (Å²) in [5.41, 5.74) is -3.97. The first-order chi connectivity index (χ1) is 6.92. The molecule has 0 nitrogen and oxygen atoms in total. The molecule has 0 unspecified atom stereocenters. The van der Waals surface area contributed by atoms with E-state index >= 15 is 0 Å². The number of hydrogen-bond donors (Lipinski definition) is 0. The van der Waals surface area contributed by atoms with Crippen LogP contribution in [0, 0.1) is 12.2 Å². The minimum Gasteiger partial charge on any atom is -0.207 e. The third kappa shape index (κ3) is 4.11. The summed E-state index contributed by atoms with van der Waals surface area (Å²) in [5.74, 6) is -0.515. The van der Waals surface area contributed by atoms with Gasteiger partial charge in [-0.05, 0) is 48.4 Å². The molecular formula is C10H9F4S. The highest BCUT2D eigenvalue weighted by Crippen LogP contribution is 2.38. The van der Waals surface area contributed by atoms with Gasteiger partial charge in [0.1, 0.15) is 5.82 Å². The van der Waals surface area contributed by atoms with Crippen LogP contribution in [0.3, 0.4) is 0 Å². The fourth-order valence-electron chi connectivity index (χ4n) is 1.15. The molecule has 0 fully saturated rings. The van der Waals surface area contributed by atoms with Gasteiger partial charge in [0.15, 0.2) is 0 Å². The van der Waals surface area contributed by atoms with E-state index < -0.39 is 11.3 Å². The second-order valence-electron chi connectivity index (χ2n) is 2.91. The molecular weight excluding hydrogens is 228 g/mol. The first-order valence-corrected chi connectivity index (χ1v) is 5.06. The molecule has 0 spiro atoms. The van der Waals surface area contributed by atoms with E-state index in [4.69, 9.17) is 0 Å². The summed E-state index contributed by atoms with van der Waals surface area (Å²) in [6.07, 6.45) is 2.02. The van der Waals surface area contributed by atoms with Crippen LogP contribution in [0.5, 0.6) is 0 Å². The number of halogens is 4. The molecule has 0 bridgehead atoms. The molecule has 15 heavy (non-hydrogen) atoms. The zero-order valence-electron chi connectivity index (χ0n) is 7.94. The predicted octanol–water partition coefficient (Wildman–Crippen LogP) is 4.20. The Bertz CT molecular complexity index is 333. The molecule has 0 amide bonds. The van der Waals surface area contributed by atoms with Gasteiger partial charge in [-0.1, -0.05) is 6.92 Å². The lowest BCUT2D eigenvalue weighted by molar-refractivity contribution is -0.0328. The summed E-state index contributed by atoms with van der Waals surface area (Å²) in [6, 6.07) is 3.33. The van der Waals surface area contributed by atoms with E-state index in [1.54, 1.807) is 13.3 Å². The van der Waals surface area contributed by atoms with Gasteiger partial charge in [-0.2, -0.15) is 13.2 Å². The Kier molecular flexibility index (Phi) is 4.02. The Balaban J connectivity index is 2.95. The third-order valence-corrected chi connectivity index (χ3v) is 2.52. The lowest BCUT2D eigenvalue weighted by Gasteiger charge is -2.10. The maximum Gasteiger partial charge on any atom is 0.446 e. The van der Waals surface area contributed by atoms with Gasteiger partial charge >= 0.3 is 5.51 Å². The number of rotatable bonds is 3. The van der Waals surface area contributed by atoms with Crippen LogP contribution < -0.4 is 0 Å². The van der Waals surface area contributed by atoms with Crippen molar-refractivity contribution in [2.45, 2.75) is 23.7 Å². The molecule has 5 heteroatoms. The summed E-state index contributed by atoms with van der Waals surface area (Å²) in [4.78, 5) is 0.0574. The quantitative estimate of drug-likeness (QED) is 0.560. The van der Waals surface area contributed by atoms with E-state index in [0.717, 1.165) is 18.2 Å². The highest BCUT2D eigenvalue weighted by Gasteiger charge is 2.30. The number of alkyl halides is 3. The van der Waals surface area contributed by atoms with Crippen molar-refractivity contribution in [3.63, 3.8) is 0 Å². The van der Waals surface area contributed by atoms with Gasteiger partial charge in [0.25, 0.3) is 0 Å². The minimum atomic E-state index is -4.33. The largest absolute Gasteiger partial charge is 0.446 e. The van der Waals surface area contributed by atoms with Crippen LogP contribution in [-0.2, 0) is 6.42 Å². The molecule has 0 N–H and O–H groups in total. The number of hydrogen-bond acceptors (Lipinski definition) is 1. The first-order valence-electron chi connectivity index (χ1n) is 4.24. The molecule has 0 heterocycles. The van der Waals surface area contributed by atoms with Crippen LogP contribution in [-0.4, -0.2) is 5.51 Å². The summed E-state index contributed by atoms with van der Waals surface area (Å²) in [6.45, 7) is 1.72. The van der Waals surface area contributed by atoms with E-state index in [1.165, 1.54) is 0 Å². The van der Waals surface area contributed by atoms with Crippen molar-refractivity contribution < 1.29 is 17.6 Å². The Morgan fingerprint density at radius 3 is 2.53 bits per heavy atom. The van der Waals surface area contributed by atoms with Gasteiger partial charge in [-0.15, -0.1) is 0 Å². The van der Waals surface area contributed by atoms with Crippen molar-refractivity contribution in [2.24, 2.45) is 0 Å². The number of benzene rings is 1. The minimum absolute atomic E-state index is 0.0574. The van der Waals surface area contributed by atoms with Crippen molar-refractivity contribution in [3.8, 4) is 0 Å². The summed E-state index contributed by atoms with van der Waals surface area (Å²) in [5, 5.41) is 0. The van der Waals surface area contributed by atoms with Gasteiger partial charge < -0.3 is 0 Å². The molecule has 0 aromatic heterocycles. The molecule has 0 aliphatic rings. The van der Waals surface area contributed by atoms with Crippen molar-refractivity contribution in [1.82, 2.24) is 0 Å². The summed E-state index contributed by atoms with van der Waals surface area (Å²) >= 11 is -0.211. The molecule has 0 aliphatic heterocycles. The Hall–Kier alpha value is -0.710. The molecule has 0 saturated heterocycles. The first kappa shape index (κ1) is 12.4. The predicted molar refractivity (Wildman–Crippen MR) is 52.0 cm³/mol. The van der Waals surface area contributed by atoms with Crippen molar-refractivity contribution in [2.75, 3.05) is 0 Å². The molecule has 0 aliphatic carbocycles. The Morgan fingerprint density at radius 2 is 2.00 bits per heavy atom. The normalized spacial score (nSPS) is 11.8. The molecule has 83 valence electrons. The fourth-order valence-corrected chi connectivity index (χ4v) is 1.81. The average Bonchev–Trinajstić information content (AvgIpc) is 2.08. The van der Waals surface area contributed by atoms with Crippen molar-refractivity contribution in [3.05, 3.63) is 36.0 Å². The molecule has 1 aromatic carbocycles.